The van der Waals surface area contributed by atoms with E-state index in [4.69, 9.17) is 5.11 Å². The molecule has 0 aliphatic heterocycles. The molecular weight excluding hydrogens is 347 g/mol. The summed E-state index contributed by atoms with van der Waals surface area (Å²) in [7, 11) is 1.00. The maximum absolute atomic E-state index is 7.00. The fourth-order valence-corrected chi connectivity index (χ4v) is 2.25. The Labute approximate surface area is 146 Å². The first-order valence-electron chi connectivity index (χ1n) is 6.13. The third kappa shape index (κ3) is 4.41. The van der Waals surface area contributed by atoms with Crippen LogP contribution in [0, 0.1) is 6.07 Å². The number of aliphatic hydroxyl groups excluding tert-OH is 1. The molecule has 0 fully saturated rings. The number of hydrogen-bond acceptors (Lipinski definition) is 1. The van der Waals surface area contributed by atoms with Crippen molar-refractivity contribution in [2.45, 2.75) is 12.8 Å². The van der Waals surface area contributed by atoms with E-state index in [1.807, 2.05) is 6.07 Å². The molecule has 0 amide bonds. The molecule has 0 aromatic heterocycles. The van der Waals surface area contributed by atoms with Crippen molar-refractivity contribution < 1.29 is 43.7 Å². The summed E-state index contributed by atoms with van der Waals surface area (Å²) in [6.07, 6.45) is 15.1. The van der Waals surface area contributed by atoms with Gasteiger partial charge < -0.3 is 17.5 Å². The second kappa shape index (κ2) is 10.1. The summed E-state index contributed by atoms with van der Waals surface area (Å²) < 4.78 is 0. The molecule has 0 saturated heterocycles. The van der Waals surface area contributed by atoms with Gasteiger partial charge in [-0.15, -0.1) is 47.0 Å². The molecule has 1 nitrogen and oxygen atoms in total. The van der Waals surface area contributed by atoms with Crippen LogP contribution in [-0.2, 0) is 26.2 Å². The number of rotatable bonds is 2. The number of benzene rings is 1. The van der Waals surface area contributed by atoms with Crippen LogP contribution in [0.25, 0.3) is 11.1 Å². The van der Waals surface area contributed by atoms with Crippen LogP contribution in [0.4, 0.5) is 0 Å². The third-order valence-electron chi connectivity index (χ3n) is 3.07. The summed E-state index contributed by atoms with van der Waals surface area (Å²) in [5.74, 6) is 0. The van der Waals surface area contributed by atoms with E-state index in [-0.39, 0.29) is 38.6 Å². The minimum Gasteiger partial charge on any atom is -1.00 e. The van der Waals surface area contributed by atoms with Crippen molar-refractivity contribution in [2.24, 2.45) is 0 Å². The molecule has 3 rings (SSSR count). The smallest absolute Gasteiger partial charge is 1.00 e. The largest absolute Gasteiger partial charge is 2.00 e. The molecule has 20 heavy (non-hydrogen) atoms. The van der Waals surface area contributed by atoms with Crippen LogP contribution in [0.2, 0.25) is 0 Å². The molecule has 0 radical (unpaired) electrons. The van der Waals surface area contributed by atoms with Crippen LogP contribution in [-0.4, -0.2) is 12.2 Å². The van der Waals surface area contributed by atoms with Gasteiger partial charge in [0.05, 0.1) is 0 Å². The van der Waals surface area contributed by atoms with Gasteiger partial charge >= 0.3 is 26.2 Å². The summed E-state index contributed by atoms with van der Waals surface area (Å²) >= 11 is 0. The number of aliphatic hydroxyl groups is 1. The first-order valence-corrected chi connectivity index (χ1v) is 6.13. The maximum Gasteiger partial charge on any atom is 2.00 e. The van der Waals surface area contributed by atoms with E-state index in [0.717, 1.165) is 20.0 Å². The van der Waals surface area contributed by atoms with Crippen molar-refractivity contribution in [3.05, 3.63) is 71.8 Å². The Balaban J connectivity index is 0.000000866. The Morgan fingerprint density at radius 2 is 1.60 bits per heavy atom. The molecule has 102 valence electrons. The second-order valence-electron chi connectivity index (χ2n) is 4.11. The second-order valence-corrected chi connectivity index (χ2v) is 4.11. The van der Waals surface area contributed by atoms with Crippen molar-refractivity contribution in [1.82, 2.24) is 0 Å². The van der Waals surface area contributed by atoms with Crippen LogP contribution in [0.3, 0.4) is 0 Å². The summed E-state index contributed by atoms with van der Waals surface area (Å²) in [5, 5.41) is 7.00. The van der Waals surface area contributed by atoms with Gasteiger partial charge in [0.15, 0.2) is 0 Å². The monoisotopic (exact) mass is 362 g/mol. The predicted octanol–water partition coefficient (Wildman–Crippen LogP) is 0.783. The van der Waals surface area contributed by atoms with E-state index in [1.54, 1.807) is 0 Å². The molecule has 2 aliphatic rings. The Morgan fingerprint density at radius 1 is 1.00 bits per heavy atom. The van der Waals surface area contributed by atoms with Gasteiger partial charge in [-0.25, -0.2) is 0 Å². The molecule has 1 N–H and O–H groups in total. The fraction of sp³-hybridized carbons (Fsp3) is 0.176. The summed E-state index contributed by atoms with van der Waals surface area (Å²) in [4.78, 5) is 0. The fourth-order valence-electron chi connectivity index (χ4n) is 2.25. The molecule has 1 aromatic carbocycles. The van der Waals surface area contributed by atoms with Crippen LogP contribution in [0.1, 0.15) is 24.0 Å². The zero-order chi connectivity index (χ0) is 12.8. The molecule has 0 bridgehead atoms. The van der Waals surface area contributed by atoms with Crippen LogP contribution in [0.15, 0.2) is 54.7 Å². The van der Waals surface area contributed by atoms with Crippen LogP contribution >= 0.6 is 0 Å². The van der Waals surface area contributed by atoms with E-state index in [1.165, 1.54) is 22.3 Å². The quantitative estimate of drug-likeness (QED) is 0.770. The number of allylic oxidation sites excluding steroid dienone is 8. The molecule has 0 atom stereocenters. The van der Waals surface area contributed by atoms with Crippen molar-refractivity contribution in [1.29, 1.82) is 0 Å². The minimum atomic E-state index is 0. The normalized spacial score (nSPS) is 14.5. The van der Waals surface area contributed by atoms with Crippen molar-refractivity contribution in [3.8, 4) is 0 Å². The van der Waals surface area contributed by atoms with Gasteiger partial charge in [-0.1, -0.05) is 36.0 Å². The maximum atomic E-state index is 7.00. The first kappa shape index (κ1) is 19.3. The van der Waals surface area contributed by atoms with E-state index in [2.05, 4.69) is 54.7 Å². The Kier molecular flexibility index (Phi) is 9.75. The molecule has 0 heterocycles. The molecule has 1 aromatic rings. The molecule has 0 unspecified atom stereocenters. The summed E-state index contributed by atoms with van der Waals surface area (Å²) in [6.45, 7) is 0. The minimum absolute atomic E-state index is 0. The predicted molar refractivity (Wildman–Crippen MR) is 76.9 cm³/mol. The molecule has 3 heteroatoms. The van der Waals surface area contributed by atoms with E-state index >= 15 is 0 Å². The molecule has 0 saturated carbocycles. The van der Waals surface area contributed by atoms with Crippen molar-refractivity contribution in [2.75, 3.05) is 7.11 Å². The van der Waals surface area contributed by atoms with E-state index < -0.39 is 0 Å². The summed E-state index contributed by atoms with van der Waals surface area (Å²) in [6, 6.07) is 9.65. The zero-order valence-corrected chi connectivity index (χ0v) is 14.6. The van der Waals surface area contributed by atoms with Gasteiger partial charge in [-0.05, 0) is 12.8 Å². The average Bonchev–Trinajstić information content (AvgIpc) is 3.14. The standard InChI is InChI=1S/C16H13.CH4O.ClH.Zr/c1-2-8-13(7-1)15-11-5-6-12-16(15)14-9-3-4-10-14;1-2;;/h1-7,9,11H,8,10H2;2H,1H3;1H;/q-1;;;+2/p-1. The zero-order valence-electron chi connectivity index (χ0n) is 11.4. The van der Waals surface area contributed by atoms with Crippen molar-refractivity contribution >= 4 is 11.1 Å². The molecule has 2 aliphatic carbocycles. The van der Waals surface area contributed by atoms with Crippen LogP contribution < -0.4 is 12.4 Å². The van der Waals surface area contributed by atoms with Gasteiger partial charge in [0.2, 0.25) is 0 Å². The Bertz CT molecular complexity index is 493. The van der Waals surface area contributed by atoms with Gasteiger partial charge in [0.25, 0.3) is 0 Å². The average molecular weight is 364 g/mol. The topological polar surface area (TPSA) is 20.2 Å². The van der Waals surface area contributed by atoms with Crippen LogP contribution in [0.5, 0.6) is 0 Å². The number of halogens is 1. The van der Waals surface area contributed by atoms with Gasteiger partial charge in [-0.2, -0.15) is 0 Å². The summed E-state index contributed by atoms with van der Waals surface area (Å²) in [5.41, 5.74) is 5.38. The molecule has 0 spiro atoms. The Morgan fingerprint density at radius 3 is 2.15 bits per heavy atom. The third-order valence-corrected chi connectivity index (χ3v) is 3.07. The van der Waals surface area contributed by atoms with Gasteiger partial charge in [-0.3, -0.25) is 0 Å². The van der Waals surface area contributed by atoms with Gasteiger partial charge in [0, 0.05) is 7.11 Å². The SMILES string of the molecule is CO.[Cl-].[Zr+2].[c-]1cccc(C2=CC=CC2)c1C1=CC=CC1. The molecular formula is C17H17ClOZr. The van der Waals surface area contributed by atoms with Crippen molar-refractivity contribution in [3.63, 3.8) is 0 Å². The van der Waals surface area contributed by atoms with E-state index in [0.29, 0.717) is 0 Å². The number of hydrogen-bond donors (Lipinski definition) is 1. The Hall–Kier alpha value is -0.687. The van der Waals surface area contributed by atoms with Gasteiger partial charge in [0.1, 0.15) is 0 Å². The first-order chi connectivity index (χ1) is 8.95. The van der Waals surface area contributed by atoms with E-state index in [9.17, 15) is 0 Å².